The highest BCUT2D eigenvalue weighted by Crippen LogP contribution is 2.40. The van der Waals surface area contributed by atoms with Crippen LogP contribution in [0.25, 0.3) is 10.4 Å². The molecule has 1 saturated carbocycles. The molecule has 1 aliphatic carbocycles. The Morgan fingerprint density at radius 3 is 2.66 bits per heavy atom. The average molecular weight is 522 g/mol. The second-order valence-corrected chi connectivity index (χ2v) is 11.3. The number of primary amides is 1. The molecule has 1 amide bonds. The van der Waals surface area contributed by atoms with Gasteiger partial charge in [-0.05, 0) is 42.3 Å². The van der Waals surface area contributed by atoms with E-state index in [0.717, 1.165) is 13.2 Å². The Hall–Kier alpha value is -1.65. The second kappa shape index (κ2) is 14.8. The molecule has 0 radical (unpaired) electrons. The first-order valence-electron chi connectivity index (χ1n) is 12.6. The summed E-state index contributed by atoms with van der Waals surface area (Å²) in [6, 6.07) is 6.71. The number of hydrogen-bond donors (Lipinski definition) is 2. The van der Waals surface area contributed by atoms with Crippen molar-refractivity contribution in [3.63, 3.8) is 0 Å². The number of ether oxygens (including phenoxy) is 3. The van der Waals surface area contributed by atoms with Gasteiger partial charge in [-0.3, -0.25) is 4.72 Å². The van der Waals surface area contributed by atoms with E-state index < -0.39 is 6.09 Å². The zero-order chi connectivity index (χ0) is 25.0. The van der Waals surface area contributed by atoms with Gasteiger partial charge in [-0.2, -0.15) is 0 Å². The van der Waals surface area contributed by atoms with Crippen LogP contribution in [0.3, 0.4) is 0 Å². The molecule has 1 aliphatic heterocycles. The molecule has 1 aromatic carbocycles. The first kappa shape index (κ1) is 27.9. The monoisotopic (exact) mass is 521 g/mol. The zero-order valence-corrected chi connectivity index (χ0v) is 22.7. The lowest BCUT2D eigenvalue weighted by molar-refractivity contribution is -0.0961. The van der Waals surface area contributed by atoms with Gasteiger partial charge in [-0.15, -0.1) is 11.3 Å². The molecule has 0 unspecified atom stereocenters. The lowest BCUT2D eigenvalue weighted by atomic mass is 9.90. The summed E-state index contributed by atoms with van der Waals surface area (Å²) in [5.74, 6) is 1.24. The molecule has 2 fully saturated rings. The number of nitrogens with two attached hydrogens (primary N) is 1. The Labute approximate surface area is 217 Å². The van der Waals surface area contributed by atoms with Crippen molar-refractivity contribution in [1.82, 2.24) is 9.71 Å². The average Bonchev–Trinajstić information content (AvgIpc) is 3.31. The van der Waals surface area contributed by atoms with Gasteiger partial charge in [-0.1, -0.05) is 52.2 Å². The Kier molecular flexibility index (Phi) is 11.8. The molecule has 7 nitrogen and oxygen atoms in total. The van der Waals surface area contributed by atoms with Crippen LogP contribution in [0.4, 0.5) is 4.79 Å². The fourth-order valence-corrected chi connectivity index (χ4v) is 5.89. The fourth-order valence-electron chi connectivity index (χ4n) is 3.90. The van der Waals surface area contributed by atoms with Crippen LogP contribution in [-0.2, 0) is 20.8 Å². The number of carbonyl (C=O) groups is 1. The zero-order valence-electron chi connectivity index (χ0n) is 21.1. The molecule has 1 saturated heterocycles. The maximum absolute atomic E-state index is 9.95. The van der Waals surface area contributed by atoms with Gasteiger partial charge in [0.1, 0.15) is 0 Å². The number of hydrogen-bond acceptors (Lipinski definition) is 8. The number of benzene rings is 1. The summed E-state index contributed by atoms with van der Waals surface area (Å²) in [5.41, 5.74) is 7.20. The predicted octanol–water partition coefficient (Wildman–Crippen LogP) is 6.13. The van der Waals surface area contributed by atoms with Crippen LogP contribution in [0.5, 0.6) is 0 Å². The summed E-state index contributed by atoms with van der Waals surface area (Å²) in [4.78, 5) is 17.3. The van der Waals surface area contributed by atoms with Crippen molar-refractivity contribution < 1.29 is 19.0 Å². The van der Waals surface area contributed by atoms with Crippen LogP contribution in [0.1, 0.15) is 69.4 Å². The van der Waals surface area contributed by atoms with E-state index in [-0.39, 0.29) is 6.10 Å². The van der Waals surface area contributed by atoms with Gasteiger partial charge in [-0.25, -0.2) is 9.78 Å². The van der Waals surface area contributed by atoms with E-state index in [1.165, 1.54) is 58.0 Å². The Morgan fingerprint density at radius 2 is 2.06 bits per heavy atom. The molecule has 35 heavy (non-hydrogen) atoms. The van der Waals surface area contributed by atoms with Gasteiger partial charge in [0.25, 0.3) is 0 Å². The van der Waals surface area contributed by atoms with Crippen LogP contribution >= 0.6 is 23.3 Å². The van der Waals surface area contributed by atoms with Crippen molar-refractivity contribution in [2.45, 2.75) is 76.4 Å². The third-order valence-corrected chi connectivity index (χ3v) is 7.91. The van der Waals surface area contributed by atoms with Gasteiger partial charge < -0.3 is 19.9 Å². The van der Waals surface area contributed by atoms with Crippen molar-refractivity contribution >= 4 is 29.4 Å². The summed E-state index contributed by atoms with van der Waals surface area (Å²) in [6.07, 6.45) is 7.97. The molecule has 2 heterocycles. The Morgan fingerprint density at radius 1 is 1.29 bits per heavy atom. The number of rotatable bonds is 10. The van der Waals surface area contributed by atoms with Gasteiger partial charge in [0, 0.05) is 35.7 Å². The van der Waals surface area contributed by atoms with E-state index in [2.05, 4.69) is 60.4 Å². The summed E-state index contributed by atoms with van der Waals surface area (Å²) in [7, 11) is 0. The standard InChI is InChI=1S/C22H32N2OS2.C4H7NO3/c1-4-24-27-20-12-17(15-25-14-16(2)3)10-11-19(20)21-13-23-22(26-21)18-8-6-5-7-9-18;5-4(6)8-3-1-7-2-3/h10-13,16,18,24H,4-9,14-15H2,1-3H3;3H,1-2H2,(H2,5,6). The summed E-state index contributed by atoms with van der Waals surface area (Å²) in [5, 5.41) is 1.33. The lowest BCUT2D eigenvalue weighted by Gasteiger charge is -2.24. The van der Waals surface area contributed by atoms with E-state index in [4.69, 9.17) is 14.5 Å². The first-order chi connectivity index (χ1) is 17.0. The summed E-state index contributed by atoms with van der Waals surface area (Å²) in [6.45, 7) is 9.90. The Balaban J connectivity index is 0.000000363. The van der Waals surface area contributed by atoms with E-state index in [0.29, 0.717) is 31.7 Å². The van der Waals surface area contributed by atoms with Crippen molar-refractivity contribution in [2.24, 2.45) is 11.7 Å². The number of thiazole rings is 1. The Bertz CT molecular complexity index is 912. The maximum Gasteiger partial charge on any atom is 0.404 e. The van der Waals surface area contributed by atoms with Gasteiger partial charge in [0.15, 0.2) is 6.10 Å². The van der Waals surface area contributed by atoms with Crippen LogP contribution in [0.15, 0.2) is 29.3 Å². The normalized spacial score (nSPS) is 16.5. The number of nitrogens with one attached hydrogen (secondary N) is 1. The number of amides is 1. The number of nitrogens with zero attached hydrogens (tertiary/aromatic N) is 1. The highest BCUT2D eigenvalue weighted by Gasteiger charge is 2.21. The van der Waals surface area contributed by atoms with Crippen LogP contribution < -0.4 is 10.5 Å². The molecule has 2 aliphatic rings. The molecular weight excluding hydrogens is 482 g/mol. The molecule has 0 spiro atoms. The highest BCUT2D eigenvalue weighted by molar-refractivity contribution is 7.97. The van der Waals surface area contributed by atoms with Crippen LogP contribution in [-0.4, -0.2) is 43.5 Å². The molecule has 1 aromatic heterocycles. The molecule has 9 heteroatoms. The van der Waals surface area contributed by atoms with Crippen LogP contribution in [0.2, 0.25) is 0 Å². The largest absolute Gasteiger partial charge is 0.441 e. The number of aromatic nitrogens is 1. The minimum Gasteiger partial charge on any atom is -0.441 e. The third-order valence-electron chi connectivity index (χ3n) is 5.73. The molecule has 0 bridgehead atoms. The van der Waals surface area contributed by atoms with Crippen molar-refractivity contribution in [3.05, 3.63) is 35.0 Å². The van der Waals surface area contributed by atoms with E-state index in [9.17, 15) is 4.79 Å². The SMILES string of the molecule is CCNSc1cc(COCC(C)C)ccc1-c1cnc(C2CCCCC2)s1.NC(=O)OC1COC1. The van der Waals surface area contributed by atoms with Crippen molar-refractivity contribution in [2.75, 3.05) is 26.4 Å². The van der Waals surface area contributed by atoms with Crippen molar-refractivity contribution in [1.29, 1.82) is 0 Å². The third kappa shape index (κ3) is 9.38. The quantitative estimate of drug-likeness (QED) is 0.363. The molecule has 194 valence electrons. The first-order valence-corrected chi connectivity index (χ1v) is 14.2. The minimum absolute atomic E-state index is 0.0903. The number of carbonyl (C=O) groups excluding carboxylic acids is 1. The lowest BCUT2D eigenvalue weighted by Crippen LogP contribution is -2.39. The summed E-state index contributed by atoms with van der Waals surface area (Å²) < 4.78 is 18.4. The van der Waals surface area contributed by atoms with Gasteiger partial charge in [0.2, 0.25) is 0 Å². The fraction of sp³-hybridized carbons (Fsp3) is 0.615. The topological polar surface area (TPSA) is 95.7 Å². The predicted molar refractivity (Wildman–Crippen MR) is 143 cm³/mol. The van der Waals surface area contributed by atoms with E-state index in [1.807, 2.05) is 11.3 Å². The van der Waals surface area contributed by atoms with Crippen molar-refractivity contribution in [3.8, 4) is 10.4 Å². The molecule has 4 rings (SSSR count). The highest BCUT2D eigenvalue weighted by atomic mass is 32.2. The second-order valence-electron chi connectivity index (χ2n) is 9.33. The van der Waals surface area contributed by atoms with E-state index >= 15 is 0 Å². The molecule has 2 aromatic rings. The minimum atomic E-state index is -0.724. The van der Waals surface area contributed by atoms with E-state index in [1.54, 1.807) is 11.9 Å². The maximum atomic E-state index is 9.95. The van der Waals surface area contributed by atoms with Gasteiger partial charge >= 0.3 is 6.09 Å². The summed E-state index contributed by atoms with van der Waals surface area (Å²) >= 11 is 3.60. The van der Waals surface area contributed by atoms with Gasteiger partial charge in [0.05, 0.1) is 29.7 Å². The smallest absolute Gasteiger partial charge is 0.404 e. The molecule has 0 atom stereocenters. The molecular formula is C26H39N3O4S2. The van der Waals surface area contributed by atoms with Crippen LogP contribution in [0, 0.1) is 5.92 Å². The molecule has 3 N–H and O–H groups in total.